The van der Waals surface area contributed by atoms with Crippen molar-refractivity contribution >= 4 is 23.2 Å². The summed E-state index contributed by atoms with van der Waals surface area (Å²) in [5.74, 6) is -0.840. The average Bonchev–Trinajstić information content (AvgIpc) is 2.85. The number of aliphatic carboxylic acids is 1. The highest BCUT2D eigenvalue weighted by Gasteiger charge is 2.25. The largest absolute Gasteiger partial charge is 0.481 e. The predicted molar refractivity (Wildman–Crippen MR) is 84.4 cm³/mol. The molecule has 0 atom stereocenters. The Morgan fingerprint density at radius 1 is 1.33 bits per heavy atom. The van der Waals surface area contributed by atoms with Crippen LogP contribution in [0.1, 0.15) is 32.1 Å². The van der Waals surface area contributed by atoms with Crippen molar-refractivity contribution in [3.8, 4) is 0 Å². The van der Waals surface area contributed by atoms with Crippen LogP contribution in [0.25, 0.3) is 0 Å². The van der Waals surface area contributed by atoms with Crippen LogP contribution >= 0.6 is 11.3 Å². The molecule has 0 aromatic carbocycles. The number of carbonyl (C=O) groups is 2. The van der Waals surface area contributed by atoms with Gasteiger partial charge in [-0.15, -0.1) is 11.3 Å². The highest BCUT2D eigenvalue weighted by Crippen LogP contribution is 2.15. The molecule has 1 heterocycles. The predicted octanol–water partition coefficient (Wildman–Crippen LogP) is 2.28. The van der Waals surface area contributed by atoms with Crippen molar-refractivity contribution in [1.82, 2.24) is 9.80 Å². The van der Waals surface area contributed by atoms with Gasteiger partial charge in [0.2, 0.25) is 5.91 Å². The van der Waals surface area contributed by atoms with Gasteiger partial charge in [-0.25, -0.2) is 0 Å². The van der Waals surface area contributed by atoms with Crippen molar-refractivity contribution in [3.63, 3.8) is 0 Å². The van der Waals surface area contributed by atoms with E-state index in [1.165, 1.54) is 0 Å². The molecule has 0 radical (unpaired) electrons. The van der Waals surface area contributed by atoms with Crippen LogP contribution < -0.4 is 0 Å². The Bertz CT molecular complexity index is 466. The van der Waals surface area contributed by atoms with E-state index in [0.717, 1.165) is 4.88 Å². The molecule has 0 bridgehead atoms. The minimum absolute atomic E-state index is 0.00344. The van der Waals surface area contributed by atoms with Gasteiger partial charge in [0.05, 0.1) is 19.5 Å². The molecular weight excluding hydrogens is 288 g/mol. The average molecular weight is 312 g/mol. The number of carboxylic acids is 1. The summed E-state index contributed by atoms with van der Waals surface area (Å²) in [6, 6.07) is 3.97. The number of hydrogen-bond acceptors (Lipinski definition) is 4. The summed E-state index contributed by atoms with van der Waals surface area (Å²) in [4.78, 5) is 27.8. The third-order valence-electron chi connectivity index (χ3n) is 3.27. The van der Waals surface area contributed by atoms with E-state index in [-0.39, 0.29) is 24.4 Å². The lowest BCUT2D eigenvalue weighted by molar-refractivity contribution is -0.139. The van der Waals surface area contributed by atoms with Gasteiger partial charge in [0, 0.05) is 24.0 Å². The van der Waals surface area contributed by atoms with Crippen LogP contribution in [0.15, 0.2) is 17.5 Å². The fourth-order valence-electron chi connectivity index (χ4n) is 1.89. The second-order valence-corrected chi connectivity index (χ2v) is 7.10. The van der Waals surface area contributed by atoms with E-state index in [9.17, 15) is 9.59 Å². The molecule has 0 saturated heterocycles. The second-order valence-electron chi connectivity index (χ2n) is 6.07. The van der Waals surface area contributed by atoms with Gasteiger partial charge in [-0.2, -0.15) is 0 Å². The minimum Gasteiger partial charge on any atom is -0.481 e. The molecule has 0 aliphatic rings. The van der Waals surface area contributed by atoms with Crippen LogP contribution in [0.4, 0.5) is 0 Å². The molecule has 0 unspecified atom stereocenters. The van der Waals surface area contributed by atoms with Crippen molar-refractivity contribution < 1.29 is 14.7 Å². The first-order valence-electron chi connectivity index (χ1n) is 6.93. The first-order chi connectivity index (χ1) is 9.70. The van der Waals surface area contributed by atoms with Gasteiger partial charge in [-0.1, -0.05) is 6.07 Å². The standard InChI is InChI=1S/C15H24N2O3S/c1-15(2,3)17(8-7-14(19)20)11-13(18)16(4)10-12-6-5-9-21-12/h5-6,9H,7-8,10-11H2,1-4H3,(H,19,20). The Morgan fingerprint density at radius 2 is 2.00 bits per heavy atom. The van der Waals surface area contributed by atoms with Gasteiger partial charge in [0.25, 0.3) is 0 Å². The molecule has 0 fully saturated rings. The summed E-state index contributed by atoms with van der Waals surface area (Å²) in [6.07, 6.45) is 0.0409. The summed E-state index contributed by atoms with van der Waals surface area (Å²) in [6.45, 7) is 7.16. The van der Waals surface area contributed by atoms with Crippen LogP contribution in [0.5, 0.6) is 0 Å². The molecule has 21 heavy (non-hydrogen) atoms. The van der Waals surface area contributed by atoms with E-state index in [2.05, 4.69) is 0 Å². The molecular formula is C15H24N2O3S. The maximum absolute atomic E-state index is 12.3. The number of thiophene rings is 1. The monoisotopic (exact) mass is 312 g/mol. The Hall–Kier alpha value is -1.40. The maximum Gasteiger partial charge on any atom is 0.304 e. The van der Waals surface area contributed by atoms with E-state index >= 15 is 0 Å². The topological polar surface area (TPSA) is 60.9 Å². The molecule has 1 N–H and O–H groups in total. The Labute approximate surface area is 130 Å². The van der Waals surface area contributed by atoms with Gasteiger partial charge in [-0.05, 0) is 32.2 Å². The zero-order chi connectivity index (χ0) is 16.0. The lowest BCUT2D eigenvalue weighted by Gasteiger charge is -2.35. The first kappa shape index (κ1) is 17.7. The summed E-state index contributed by atoms with van der Waals surface area (Å²) in [5.41, 5.74) is -0.241. The van der Waals surface area contributed by atoms with E-state index in [0.29, 0.717) is 13.1 Å². The fourth-order valence-corrected chi connectivity index (χ4v) is 2.65. The zero-order valence-electron chi connectivity index (χ0n) is 13.1. The van der Waals surface area contributed by atoms with Crippen molar-refractivity contribution in [2.24, 2.45) is 0 Å². The lowest BCUT2D eigenvalue weighted by atomic mass is 10.1. The number of carboxylic acid groups (broad SMARTS) is 1. The molecule has 0 saturated carbocycles. The number of nitrogens with zero attached hydrogens (tertiary/aromatic N) is 2. The highest BCUT2D eigenvalue weighted by atomic mass is 32.1. The van der Waals surface area contributed by atoms with Crippen molar-refractivity contribution in [2.45, 2.75) is 39.3 Å². The fraction of sp³-hybridized carbons (Fsp3) is 0.600. The molecule has 1 amide bonds. The quantitative estimate of drug-likeness (QED) is 0.839. The van der Waals surface area contributed by atoms with Gasteiger partial charge in [-0.3, -0.25) is 14.5 Å². The highest BCUT2D eigenvalue weighted by molar-refractivity contribution is 7.09. The molecule has 118 valence electrons. The summed E-state index contributed by atoms with van der Waals surface area (Å²) in [5, 5.41) is 10.8. The Kier molecular flexibility index (Phi) is 6.36. The third-order valence-corrected chi connectivity index (χ3v) is 4.13. The summed E-state index contributed by atoms with van der Waals surface area (Å²) < 4.78 is 0. The van der Waals surface area contributed by atoms with Crippen LogP contribution in [0.2, 0.25) is 0 Å². The van der Waals surface area contributed by atoms with Gasteiger partial charge < -0.3 is 10.0 Å². The van der Waals surface area contributed by atoms with Crippen molar-refractivity contribution in [2.75, 3.05) is 20.1 Å². The van der Waals surface area contributed by atoms with E-state index in [1.54, 1.807) is 23.3 Å². The molecule has 6 heteroatoms. The number of rotatable bonds is 7. The normalized spacial score (nSPS) is 11.7. The van der Waals surface area contributed by atoms with Crippen molar-refractivity contribution in [1.29, 1.82) is 0 Å². The van der Waals surface area contributed by atoms with Crippen molar-refractivity contribution in [3.05, 3.63) is 22.4 Å². The summed E-state index contributed by atoms with van der Waals surface area (Å²) >= 11 is 1.62. The molecule has 5 nitrogen and oxygen atoms in total. The van der Waals surface area contributed by atoms with E-state index < -0.39 is 5.97 Å². The second kappa shape index (κ2) is 7.56. The number of likely N-dealkylation sites (N-methyl/N-ethyl adjacent to an activating group) is 1. The molecule has 0 aliphatic heterocycles. The molecule has 1 aromatic heterocycles. The summed E-state index contributed by atoms with van der Waals surface area (Å²) in [7, 11) is 1.78. The third kappa shape index (κ3) is 6.27. The SMILES string of the molecule is CN(Cc1cccs1)C(=O)CN(CCC(=O)O)C(C)(C)C. The molecule has 1 rings (SSSR count). The number of hydrogen-bond donors (Lipinski definition) is 1. The zero-order valence-corrected chi connectivity index (χ0v) is 13.9. The van der Waals surface area contributed by atoms with Gasteiger partial charge in [0.15, 0.2) is 0 Å². The lowest BCUT2D eigenvalue weighted by Crippen LogP contribution is -2.48. The first-order valence-corrected chi connectivity index (χ1v) is 7.81. The van der Waals surface area contributed by atoms with Crippen LogP contribution in [-0.2, 0) is 16.1 Å². The van der Waals surface area contributed by atoms with Crippen LogP contribution in [0, 0.1) is 0 Å². The smallest absolute Gasteiger partial charge is 0.304 e. The minimum atomic E-state index is -0.844. The molecule has 0 aliphatic carbocycles. The number of carbonyl (C=O) groups excluding carboxylic acids is 1. The van der Waals surface area contributed by atoms with Crippen LogP contribution in [-0.4, -0.2) is 52.5 Å². The molecule has 1 aromatic rings. The number of amides is 1. The van der Waals surface area contributed by atoms with E-state index in [4.69, 9.17) is 5.11 Å². The van der Waals surface area contributed by atoms with E-state index in [1.807, 2.05) is 43.2 Å². The Balaban J connectivity index is 2.60. The van der Waals surface area contributed by atoms with Crippen LogP contribution in [0.3, 0.4) is 0 Å². The van der Waals surface area contributed by atoms with Gasteiger partial charge >= 0.3 is 5.97 Å². The maximum atomic E-state index is 12.3. The van der Waals surface area contributed by atoms with Gasteiger partial charge in [0.1, 0.15) is 0 Å². The Morgan fingerprint density at radius 3 is 2.48 bits per heavy atom. The molecule has 0 spiro atoms.